The fourth-order valence-electron chi connectivity index (χ4n) is 2.85. The minimum Gasteiger partial charge on any atom is -0.478 e. The van der Waals surface area contributed by atoms with Crippen LogP contribution >= 0.6 is 0 Å². The number of rotatable bonds is 6. The van der Waals surface area contributed by atoms with Crippen LogP contribution < -0.4 is 15.0 Å². The molecule has 0 radical (unpaired) electrons. The fraction of sp³-hybridized carbons (Fsp3) is 0.389. The van der Waals surface area contributed by atoms with Crippen LogP contribution in [0.3, 0.4) is 0 Å². The number of nitrogens with one attached hydrogen (secondary N) is 1. The average Bonchev–Trinajstić information content (AvgIpc) is 3.15. The van der Waals surface area contributed by atoms with Crippen LogP contribution in [0.4, 0.5) is 5.82 Å². The maximum Gasteiger partial charge on any atom is 0.255 e. The highest BCUT2D eigenvalue weighted by molar-refractivity contribution is 5.98. The largest absolute Gasteiger partial charge is 0.478 e. The second-order valence-electron chi connectivity index (χ2n) is 5.65. The van der Waals surface area contributed by atoms with Crippen LogP contribution in [0.15, 0.2) is 36.7 Å². The van der Waals surface area contributed by atoms with Gasteiger partial charge in [-0.25, -0.2) is 9.97 Å². The van der Waals surface area contributed by atoms with Gasteiger partial charge in [0.05, 0.1) is 12.2 Å². The SMILES string of the molecule is CCOc1ncccc1CNC(=O)c1cccnc1N1CCCC1. The maximum absolute atomic E-state index is 12.6. The number of anilines is 1. The Morgan fingerprint density at radius 3 is 2.75 bits per heavy atom. The molecule has 0 spiro atoms. The van der Waals surface area contributed by atoms with Gasteiger partial charge in [0.2, 0.25) is 5.88 Å². The van der Waals surface area contributed by atoms with Gasteiger partial charge in [0.1, 0.15) is 5.82 Å². The van der Waals surface area contributed by atoms with Crippen molar-refractivity contribution in [2.75, 3.05) is 24.6 Å². The third-order valence-electron chi connectivity index (χ3n) is 4.01. The summed E-state index contributed by atoms with van der Waals surface area (Å²) < 4.78 is 5.50. The Bertz CT molecular complexity index is 699. The van der Waals surface area contributed by atoms with Crippen molar-refractivity contribution in [1.29, 1.82) is 0 Å². The maximum atomic E-state index is 12.6. The van der Waals surface area contributed by atoms with Crippen molar-refractivity contribution in [1.82, 2.24) is 15.3 Å². The Labute approximate surface area is 141 Å². The first-order valence-electron chi connectivity index (χ1n) is 8.34. The summed E-state index contributed by atoms with van der Waals surface area (Å²) in [5.74, 6) is 1.20. The molecule has 3 heterocycles. The Morgan fingerprint density at radius 2 is 1.96 bits per heavy atom. The molecule has 1 aliphatic heterocycles. The lowest BCUT2D eigenvalue weighted by molar-refractivity contribution is 0.0950. The van der Waals surface area contributed by atoms with Gasteiger partial charge in [-0.1, -0.05) is 6.07 Å². The number of aromatic nitrogens is 2. The number of nitrogens with zero attached hydrogens (tertiary/aromatic N) is 3. The van der Waals surface area contributed by atoms with E-state index in [-0.39, 0.29) is 5.91 Å². The smallest absolute Gasteiger partial charge is 0.255 e. The van der Waals surface area contributed by atoms with Gasteiger partial charge in [-0.05, 0) is 38.0 Å². The molecule has 3 rings (SSSR count). The summed E-state index contributed by atoms with van der Waals surface area (Å²) in [6, 6.07) is 7.36. The summed E-state index contributed by atoms with van der Waals surface area (Å²) >= 11 is 0. The van der Waals surface area contributed by atoms with E-state index in [4.69, 9.17) is 4.74 Å². The topological polar surface area (TPSA) is 67.3 Å². The zero-order valence-electron chi connectivity index (χ0n) is 13.9. The normalized spacial score (nSPS) is 13.8. The van der Waals surface area contributed by atoms with E-state index in [9.17, 15) is 4.79 Å². The first-order chi connectivity index (χ1) is 11.8. The van der Waals surface area contributed by atoms with E-state index >= 15 is 0 Å². The van der Waals surface area contributed by atoms with Gasteiger partial charge >= 0.3 is 0 Å². The van der Waals surface area contributed by atoms with Crippen LogP contribution in [0.1, 0.15) is 35.7 Å². The Morgan fingerprint density at radius 1 is 1.21 bits per heavy atom. The standard InChI is InChI=1S/C18H22N4O2/c1-2-24-18-14(7-5-10-20-18)13-21-17(23)15-8-6-9-19-16(15)22-11-3-4-12-22/h5-10H,2-4,11-13H2,1H3,(H,21,23). The molecule has 1 saturated heterocycles. The van der Waals surface area contributed by atoms with Crippen LogP contribution in [0.5, 0.6) is 5.88 Å². The molecule has 126 valence electrons. The predicted octanol–water partition coefficient (Wildman–Crippen LogP) is 2.41. The van der Waals surface area contributed by atoms with Gasteiger partial charge in [0, 0.05) is 37.6 Å². The fourth-order valence-corrected chi connectivity index (χ4v) is 2.85. The molecule has 1 fully saturated rings. The third kappa shape index (κ3) is 3.64. The van der Waals surface area contributed by atoms with Gasteiger partial charge in [-0.2, -0.15) is 0 Å². The Kier molecular flexibility index (Phi) is 5.25. The van der Waals surface area contributed by atoms with Crippen molar-refractivity contribution >= 4 is 11.7 Å². The van der Waals surface area contributed by atoms with Crippen molar-refractivity contribution in [2.45, 2.75) is 26.3 Å². The van der Waals surface area contributed by atoms with Gasteiger partial charge in [0.15, 0.2) is 0 Å². The highest BCUT2D eigenvalue weighted by Gasteiger charge is 2.20. The van der Waals surface area contributed by atoms with Gasteiger partial charge in [-0.3, -0.25) is 4.79 Å². The van der Waals surface area contributed by atoms with Gasteiger partial charge < -0.3 is 15.0 Å². The monoisotopic (exact) mass is 326 g/mol. The van der Waals surface area contributed by atoms with Crippen LogP contribution in [-0.2, 0) is 6.54 Å². The molecule has 0 aromatic carbocycles. The summed E-state index contributed by atoms with van der Waals surface area (Å²) in [5, 5.41) is 2.95. The van der Waals surface area contributed by atoms with E-state index in [0.29, 0.717) is 24.6 Å². The van der Waals surface area contributed by atoms with E-state index in [0.717, 1.165) is 37.3 Å². The molecule has 2 aromatic rings. The molecule has 6 heteroatoms. The van der Waals surface area contributed by atoms with Crippen LogP contribution in [0.25, 0.3) is 0 Å². The highest BCUT2D eigenvalue weighted by Crippen LogP contribution is 2.22. The molecule has 1 N–H and O–H groups in total. The molecule has 24 heavy (non-hydrogen) atoms. The lowest BCUT2D eigenvalue weighted by Crippen LogP contribution is -2.28. The second kappa shape index (κ2) is 7.77. The van der Waals surface area contributed by atoms with E-state index in [1.54, 1.807) is 18.5 Å². The molecule has 0 unspecified atom stereocenters. The van der Waals surface area contributed by atoms with Crippen molar-refractivity contribution in [3.63, 3.8) is 0 Å². The summed E-state index contributed by atoms with van der Waals surface area (Å²) in [6.07, 6.45) is 5.71. The van der Waals surface area contributed by atoms with Gasteiger partial charge in [0.25, 0.3) is 5.91 Å². The first kappa shape index (κ1) is 16.2. The Balaban J connectivity index is 1.72. The average molecular weight is 326 g/mol. The lowest BCUT2D eigenvalue weighted by Gasteiger charge is -2.19. The van der Waals surface area contributed by atoms with Crippen molar-refractivity contribution in [3.05, 3.63) is 47.8 Å². The quantitative estimate of drug-likeness (QED) is 0.883. The summed E-state index contributed by atoms with van der Waals surface area (Å²) in [5.41, 5.74) is 1.47. The summed E-state index contributed by atoms with van der Waals surface area (Å²) in [4.78, 5) is 23.4. The van der Waals surface area contributed by atoms with E-state index in [2.05, 4.69) is 20.2 Å². The van der Waals surface area contributed by atoms with Gasteiger partial charge in [-0.15, -0.1) is 0 Å². The lowest BCUT2D eigenvalue weighted by atomic mass is 10.2. The molecule has 0 aliphatic carbocycles. The molecular weight excluding hydrogens is 304 g/mol. The first-order valence-corrected chi connectivity index (χ1v) is 8.34. The van der Waals surface area contributed by atoms with Crippen LogP contribution in [0, 0.1) is 0 Å². The zero-order chi connectivity index (χ0) is 16.8. The molecule has 0 atom stereocenters. The van der Waals surface area contributed by atoms with Crippen molar-refractivity contribution in [2.24, 2.45) is 0 Å². The minimum absolute atomic E-state index is 0.128. The molecule has 0 saturated carbocycles. The van der Waals surface area contributed by atoms with Crippen LogP contribution in [0.2, 0.25) is 0 Å². The number of pyridine rings is 2. The zero-order valence-corrected chi connectivity index (χ0v) is 13.9. The molecule has 1 amide bonds. The molecule has 1 aliphatic rings. The number of carbonyl (C=O) groups is 1. The Hall–Kier alpha value is -2.63. The highest BCUT2D eigenvalue weighted by atomic mass is 16.5. The number of amides is 1. The second-order valence-corrected chi connectivity index (χ2v) is 5.65. The van der Waals surface area contributed by atoms with Crippen LogP contribution in [-0.4, -0.2) is 35.6 Å². The van der Waals surface area contributed by atoms with E-state index in [1.807, 2.05) is 25.1 Å². The predicted molar refractivity (Wildman–Crippen MR) is 92.3 cm³/mol. The van der Waals surface area contributed by atoms with E-state index < -0.39 is 0 Å². The molecule has 0 bridgehead atoms. The molecule has 6 nitrogen and oxygen atoms in total. The summed E-state index contributed by atoms with van der Waals surface area (Å²) in [7, 11) is 0. The minimum atomic E-state index is -0.128. The third-order valence-corrected chi connectivity index (χ3v) is 4.01. The number of hydrogen-bond donors (Lipinski definition) is 1. The number of hydrogen-bond acceptors (Lipinski definition) is 5. The van der Waals surface area contributed by atoms with Crippen molar-refractivity contribution in [3.8, 4) is 5.88 Å². The van der Waals surface area contributed by atoms with E-state index in [1.165, 1.54) is 0 Å². The number of carbonyl (C=O) groups excluding carboxylic acids is 1. The summed E-state index contributed by atoms with van der Waals surface area (Å²) in [6.45, 7) is 4.73. The molecular formula is C18H22N4O2. The van der Waals surface area contributed by atoms with Crippen molar-refractivity contribution < 1.29 is 9.53 Å². The number of ether oxygens (including phenoxy) is 1. The molecule has 2 aromatic heterocycles.